The number of benzene rings is 2. The van der Waals surface area contributed by atoms with E-state index in [-0.39, 0.29) is 12.5 Å². The van der Waals surface area contributed by atoms with Crippen molar-refractivity contribution in [3.63, 3.8) is 0 Å². The first-order valence-corrected chi connectivity index (χ1v) is 9.08. The number of carbonyl (C=O) groups is 1. The van der Waals surface area contributed by atoms with Gasteiger partial charge >= 0.3 is 0 Å². The molecule has 3 rings (SSSR count). The number of likely N-dealkylation sites (N-methyl/N-ethyl adjacent to an activating group) is 1. The topological polar surface area (TPSA) is 50.8 Å². The largest absolute Gasteiger partial charge is 0.489 e. The molecule has 2 aromatic carbocycles. The fourth-order valence-corrected chi connectivity index (χ4v) is 3.02. The fraction of sp³-hybridized carbons (Fsp3) is 0.381. The van der Waals surface area contributed by atoms with E-state index in [0.29, 0.717) is 18.4 Å². The molecule has 1 heterocycles. The van der Waals surface area contributed by atoms with Crippen LogP contribution in [-0.4, -0.2) is 43.6 Å². The van der Waals surface area contributed by atoms with Crippen LogP contribution in [0.15, 0.2) is 54.6 Å². The summed E-state index contributed by atoms with van der Waals surface area (Å²) in [5, 5.41) is 3.31. The minimum Gasteiger partial charge on any atom is -0.489 e. The summed E-state index contributed by atoms with van der Waals surface area (Å²) in [6.45, 7) is 2.52. The molecular formula is C21H26N2O3. The molecule has 5 nitrogen and oxygen atoms in total. The van der Waals surface area contributed by atoms with Gasteiger partial charge < -0.3 is 19.7 Å². The predicted octanol–water partition coefficient (Wildman–Crippen LogP) is 2.85. The number of hydrogen-bond donors (Lipinski definition) is 1. The van der Waals surface area contributed by atoms with E-state index in [0.717, 1.165) is 37.2 Å². The zero-order chi connectivity index (χ0) is 18.2. The Morgan fingerprint density at radius 3 is 2.27 bits per heavy atom. The maximum absolute atomic E-state index is 12.3. The summed E-state index contributed by atoms with van der Waals surface area (Å²) < 4.78 is 11.4. The van der Waals surface area contributed by atoms with Gasteiger partial charge in [0.1, 0.15) is 18.1 Å². The third kappa shape index (κ3) is 5.23. The second kappa shape index (κ2) is 9.25. The van der Waals surface area contributed by atoms with Gasteiger partial charge in [0.2, 0.25) is 0 Å². The highest BCUT2D eigenvalue weighted by Crippen LogP contribution is 2.19. The fourth-order valence-electron chi connectivity index (χ4n) is 3.02. The van der Waals surface area contributed by atoms with E-state index in [4.69, 9.17) is 9.47 Å². The van der Waals surface area contributed by atoms with E-state index in [1.165, 1.54) is 0 Å². The molecule has 1 saturated heterocycles. The van der Waals surface area contributed by atoms with Gasteiger partial charge in [0.25, 0.3) is 5.91 Å². The molecule has 0 aliphatic carbocycles. The van der Waals surface area contributed by atoms with Crippen molar-refractivity contribution in [1.82, 2.24) is 10.2 Å². The first-order chi connectivity index (χ1) is 12.7. The molecule has 138 valence electrons. The van der Waals surface area contributed by atoms with Gasteiger partial charge in [0.15, 0.2) is 6.61 Å². The lowest BCUT2D eigenvalue weighted by Gasteiger charge is -2.31. The summed E-state index contributed by atoms with van der Waals surface area (Å²) in [6, 6.07) is 17.7. The second-order valence-corrected chi connectivity index (χ2v) is 6.52. The van der Waals surface area contributed by atoms with Crippen LogP contribution in [0.2, 0.25) is 0 Å². The van der Waals surface area contributed by atoms with Crippen LogP contribution in [0.5, 0.6) is 11.5 Å². The third-order valence-electron chi connectivity index (χ3n) is 4.68. The molecular weight excluding hydrogens is 328 g/mol. The van der Waals surface area contributed by atoms with Crippen molar-refractivity contribution in [2.45, 2.75) is 25.5 Å². The maximum atomic E-state index is 12.3. The Kier molecular flexibility index (Phi) is 6.50. The molecule has 1 aliphatic heterocycles. The molecule has 1 amide bonds. The van der Waals surface area contributed by atoms with Crippen molar-refractivity contribution in [2.24, 2.45) is 0 Å². The van der Waals surface area contributed by atoms with E-state index in [9.17, 15) is 4.79 Å². The number of amides is 1. The molecule has 0 spiro atoms. The lowest BCUT2D eigenvalue weighted by atomic mass is 10.1. The van der Waals surface area contributed by atoms with Gasteiger partial charge in [-0.15, -0.1) is 0 Å². The zero-order valence-corrected chi connectivity index (χ0v) is 15.2. The van der Waals surface area contributed by atoms with Gasteiger partial charge in [-0.05, 0) is 55.8 Å². The van der Waals surface area contributed by atoms with Crippen LogP contribution in [0, 0.1) is 0 Å². The highest BCUT2D eigenvalue weighted by atomic mass is 16.5. The third-order valence-corrected chi connectivity index (χ3v) is 4.68. The van der Waals surface area contributed by atoms with E-state index in [1.54, 1.807) is 0 Å². The van der Waals surface area contributed by atoms with Crippen molar-refractivity contribution in [3.05, 3.63) is 60.2 Å². The Bertz CT molecular complexity index is 682. The Morgan fingerprint density at radius 1 is 1.00 bits per heavy atom. The SMILES string of the molecule is CN(C(=O)COc1ccc(OCc2ccccc2)cc1)C1CCNCC1. The molecule has 1 N–H and O–H groups in total. The number of nitrogens with zero attached hydrogens (tertiary/aromatic N) is 1. The first kappa shape index (κ1) is 18.3. The highest BCUT2D eigenvalue weighted by Gasteiger charge is 2.21. The Balaban J connectivity index is 1.44. The zero-order valence-electron chi connectivity index (χ0n) is 15.2. The van der Waals surface area contributed by atoms with Crippen LogP contribution in [0.1, 0.15) is 18.4 Å². The van der Waals surface area contributed by atoms with Gasteiger partial charge in [-0.2, -0.15) is 0 Å². The van der Waals surface area contributed by atoms with Crippen molar-refractivity contribution in [3.8, 4) is 11.5 Å². The molecule has 0 saturated carbocycles. The summed E-state index contributed by atoms with van der Waals surface area (Å²) in [7, 11) is 1.86. The van der Waals surface area contributed by atoms with Crippen LogP contribution in [0.25, 0.3) is 0 Å². The number of rotatable bonds is 7. The molecule has 26 heavy (non-hydrogen) atoms. The molecule has 0 bridgehead atoms. The minimum atomic E-state index is 0.0151. The average Bonchev–Trinajstić information content (AvgIpc) is 2.72. The quantitative estimate of drug-likeness (QED) is 0.831. The summed E-state index contributed by atoms with van der Waals surface area (Å²) >= 11 is 0. The van der Waals surface area contributed by atoms with E-state index in [2.05, 4.69) is 5.32 Å². The second-order valence-electron chi connectivity index (χ2n) is 6.52. The predicted molar refractivity (Wildman–Crippen MR) is 101 cm³/mol. The molecule has 1 fully saturated rings. The van der Waals surface area contributed by atoms with Crippen molar-refractivity contribution < 1.29 is 14.3 Å². The van der Waals surface area contributed by atoms with Crippen LogP contribution in [-0.2, 0) is 11.4 Å². The van der Waals surface area contributed by atoms with Crippen LogP contribution < -0.4 is 14.8 Å². The highest BCUT2D eigenvalue weighted by molar-refractivity contribution is 5.77. The van der Waals surface area contributed by atoms with Gasteiger partial charge in [-0.1, -0.05) is 30.3 Å². The summed E-state index contributed by atoms with van der Waals surface area (Å²) in [6.07, 6.45) is 1.99. The molecule has 2 aromatic rings. The van der Waals surface area contributed by atoms with Crippen LogP contribution in [0.3, 0.4) is 0 Å². The van der Waals surface area contributed by atoms with E-state index >= 15 is 0 Å². The summed E-state index contributed by atoms with van der Waals surface area (Å²) in [4.78, 5) is 14.1. The normalized spacial score (nSPS) is 14.7. The summed E-state index contributed by atoms with van der Waals surface area (Å²) in [5.41, 5.74) is 1.12. The monoisotopic (exact) mass is 354 g/mol. The lowest BCUT2D eigenvalue weighted by Crippen LogP contribution is -2.45. The molecule has 0 unspecified atom stereocenters. The number of carbonyl (C=O) groups excluding carboxylic acids is 1. The first-order valence-electron chi connectivity index (χ1n) is 9.08. The standard InChI is InChI=1S/C21H26N2O3/c1-23(18-11-13-22-14-12-18)21(24)16-26-20-9-7-19(8-10-20)25-15-17-5-3-2-4-6-17/h2-10,18,22H,11-16H2,1H3. The minimum absolute atomic E-state index is 0.0151. The maximum Gasteiger partial charge on any atom is 0.260 e. The number of piperidine rings is 1. The van der Waals surface area contributed by atoms with Crippen LogP contribution in [0.4, 0.5) is 0 Å². The number of nitrogens with one attached hydrogen (secondary N) is 1. The Morgan fingerprint density at radius 2 is 1.62 bits per heavy atom. The molecule has 0 radical (unpaired) electrons. The van der Waals surface area contributed by atoms with Crippen LogP contribution >= 0.6 is 0 Å². The molecule has 0 aromatic heterocycles. The number of ether oxygens (including phenoxy) is 2. The Hall–Kier alpha value is -2.53. The van der Waals surface area contributed by atoms with Gasteiger partial charge in [-0.3, -0.25) is 4.79 Å². The smallest absolute Gasteiger partial charge is 0.260 e. The number of hydrogen-bond acceptors (Lipinski definition) is 4. The average molecular weight is 354 g/mol. The van der Waals surface area contributed by atoms with Gasteiger partial charge in [-0.25, -0.2) is 0 Å². The molecule has 0 atom stereocenters. The van der Waals surface area contributed by atoms with Gasteiger partial charge in [0, 0.05) is 13.1 Å². The lowest BCUT2D eigenvalue weighted by molar-refractivity contribution is -0.134. The van der Waals surface area contributed by atoms with E-state index < -0.39 is 0 Å². The molecule has 5 heteroatoms. The van der Waals surface area contributed by atoms with E-state index in [1.807, 2.05) is 66.5 Å². The summed E-state index contributed by atoms with van der Waals surface area (Å²) in [5.74, 6) is 1.46. The van der Waals surface area contributed by atoms with Gasteiger partial charge in [0.05, 0.1) is 0 Å². The molecule has 1 aliphatic rings. The van der Waals surface area contributed by atoms with Crippen molar-refractivity contribution in [1.29, 1.82) is 0 Å². The van der Waals surface area contributed by atoms with Crippen molar-refractivity contribution in [2.75, 3.05) is 26.7 Å². The Labute approximate surface area is 154 Å². The van der Waals surface area contributed by atoms with Crippen molar-refractivity contribution >= 4 is 5.91 Å².